The summed E-state index contributed by atoms with van der Waals surface area (Å²) < 4.78 is 0. The summed E-state index contributed by atoms with van der Waals surface area (Å²) in [7, 11) is 3.94. The zero-order chi connectivity index (χ0) is 21.3. The van der Waals surface area contributed by atoms with Gasteiger partial charge in [-0.2, -0.15) is 0 Å². The first-order valence-corrected chi connectivity index (χ1v) is 9.63. The van der Waals surface area contributed by atoms with Crippen LogP contribution >= 0.6 is 11.6 Å². The van der Waals surface area contributed by atoms with Crippen LogP contribution in [0.3, 0.4) is 0 Å². The van der Waals surface area contributed by atoms with Gasteiger partial charge in [0.15, 0.2) is 5.84 Å². The molecular weight excluding hydrogens is 402 g/mol. The van der Waals surface area contributed by atoms with E-state index in [0.29, 0.717) is 16.5 Å². The molecule has 1 aliphatic heterocycles. The van der Waals surface area contributed by atoms with Gasteiger partial charge >= 0.3 is 0 Å². The maximum atomic E-state index is 13.2. The molecule has 0 fully saturated rings. The first kappa shape index (κ1) is 19.6. The fourth-order valence-electron chi connectivity index (χ4n) is 3.00. The van der Waals surface area contributed by atoms with Crippen molar-refractivity contribution in [3.8, 4) is 5.75 Å². The Morgan fingerprint density at radius 1 is 1.00 bits per heavy atom. The Morgan fingerprint density at radius 2 is 1.67 bits per heavy atom. The lowest BCUT2D eigenvalue weighted by Crippen LogP contribution is -2.48. The van der Waals surface area contributed by atoms with Gasteiger partial charge in [0.1, 0.15) is 5.75 Å². The maximum Gasteiger partial charge on any atom is 0.297 e. The summed E-state index contributed by atoms with van der Waals surface area (Å²) in [5.41, 5.74) is 5.70. The predicted octanol–water partition coefficient (Wildman–Crippen LogP) is 3.86. The summed E-state index contributed by atoms with van der Waals surface area (Å²) >= 11 is 6.01. The number of amidine groups is 1. The van der Waals surface area contributed by atoms with Crippen LogP contribution in [-0.4, -0.2) is 36.1 Å². The lowest BCUT2D eigenvalue weighted by Gasteiger charge is -2.26. The highest BCUT2D eigenvalue weighted by Crippen LogP contribution is 2.26. The molecule has 3 aromatic carbocycles. The van der Waals surface area contributed by atoms with Crippen LogP contribution in [0.25, 0.3) is 0 Å². The van der Waals surface area contributed by atoms with E-state index in [1.54, 1.807) is 42.5 Å². The summed E-state index contributed by atoms with van der Waals surface area (Å²) in [4.78, 5) is 15.2. The summed E-state index contributed by atoms with van der Waals surface area (Å²) in [5, 5.41) is 18.0. The molecule has 0 spiro atoms. The molecule has 7 nitrogen and oxygen atoms in total. The Hall–Kier alpha value is -3.71. The number of para-hydroxylation sites is 1. The molecular formula is C22H20ClN5O2. The number of hydrogen-bond acceptors (Lipinski definition) is 6. The Labute approximate surface area is 179 Å². The molecule has 0 bridgehead atoms. The topological polar surface area (TPSA) is 71.4 Å². The van der Waals surface area contributed by atoms with Crippen LogP contribution in [0.15, 0.2) is 77.9 Å². The van der Waals surface area contributed by atoms with Gasteiger partial charge < -0.3 is 10.0 Å². The van der Waals surface area contributed by atoms with Crippen LogP contribution in [-0.2, 0) is 0 Å². The van der Waals surface area contributed by atoms with E-state index in [2.05, 4.69) is 10.5 Å². The van der Waals surface area contributed by atoms with Crippen molar-refractivity contribution in [3.63, 3.8) is 0 Å². The molecule has 0 atom stereocenters. The van der Waals surface area contributed by atoms with Crippen molar-refractivity contribution in [1.82, 2.24) is 10.5 Å². The zero-order valence-electron chi connectivity index (χ0n) is 16.5. The van der Waals surface area contributed by atoms with Crippen LogP contribution in [0.4, 0.5) is 11.4 Å². The molecule has 0 saturated heterocycles. The largest absolute Gasteiger partial charge is 0.507 e. The fraction of sp³-hybridized carbons (Fsp3) is 0.0909. The van der Waals surface area contributed by atoms with E-state index < -0.39 is 5.91 Å². The van der Waals surface area contributed by atoms with Crippen molar-refractivity contribution in [1.29, 1.82) is 0 Å². The molecule has 0 aromatic heterocycles. The molecule has 0 saturated carbocycles. The van der Waals surface area contributed by atoms with Gasteiger partial charge in [0.05, 0.1) is 11.3 Å². The van der Waals surface area contributed by atoms with Gasteiger partial charge in [-0.25, -0.2) is 0 Å². The standard InChI is InChI=1S/C22H20ClN5O2/c1-26(2)17-11-7-15(8-12-17)21-24-27(18-13-9-16(23)10-14-18)28(25-21)22(30)19-5-3-4-6-20(19)29/h3-14,29H,1-2H3,(H,24,25). The minimum Gasteiger partial charge on any atom is -0.507 e. The second-order valence-electron chi connectivity index (χ2n) is 6.90. The molecule has 0 aliphatic carbocycles. The number of phenols is 1. The van der Waals surface area contributed by atoms with Gasteiger partial charge in [0.25, 0.3) is 5.91 Å². The molecule has 1 aliphatic rings. The van der Waals surface area contributed by atoms with E-state index in [4.69, 9.17) is 11.6 Å². The second kappa shape index (κ2) is 7.96. The molecule has 1 amide bonds. The zero-order valence-corrected chi connectivity index (χ0v) is 17.2. The smallest absolute Gasteiger partial charge is 0.297 e. The van der Waals surface area contributed by atoms with Gasteiger partial charge in [-0.3, -0.25) is 10.2 Å². The lowest BCUT2D eigenvalue weighted by atomic mass is 10.2. The number of phenolic OH excluding ortho intramolecular Hbond substituents is 1. The average Bonchev–Trinajstić information content (AvgIpc) is 3.19. The molecule has 8 heteroatoms. The van der Waals surface area contributed by atoms with Crippen molar-refractivity contribution in [3.05, 3.63) is 88.9 Å². The van der Waals surface area contributed by atoms with Crippen LogP contribution in [0, 0.1) is 0 Å². The monoisotopic (exact) mass is 421 g/mol. The molecule has 0 unspecified atom stereocenters. The predicted molar refractivity (Wildman–Crippen MR) is 119 cm³/mol. The molecule has 152 valence electrons. The average molecular weight is 422 g/mol. The van der Waals surface area contributed by atoms with E-state index in [1.165, 1.54) is 16.3 Å². The van der Waals surface area contributed by atoms with E-state index in [-0.39, 0.29) is 11.3 Å². The summed E-state index contributed by atoms with van der Waals surface area (Å²) in [5.74, 6) is -0.0603. The van der Waals surface area contributed by atoms with Crippen molar-refractivity contribution in [2.75, 3.05) is 24.1 Å². The molecule has 0 radical (unpaired) electrons. The van der Waals surface area contributed by atoms with Gasteiger partial charge in [-0.05, 0) is 60.7 Å². The molecule has 3 aromatic rings. The third-order valence-electron chi connectivity index (χ3n) is 4.64. The van der Waals surface area contributed by atoms with Gasteiger partial charge in [-0.15, -0.1) is 15.3 Å². The van der Waals surface area contributed by atoms with Crippen LogP contribution < -0.4 is 15.4 Å². The van der Waals surface area contributed by atoms with Gasteiger partial charge in [0, 0.05) is 30.4 Å². The first-order valence-electron chi connectivity index (χ1n) is 9.25. The lowest BCUT2D eigenvalue weighted by molar-refractivity contribution is 0.0707. The number of rotatable bonds is 4. The van der Waals surface area contributed by atoms with Gasteiger partial charge in [-0.1, -0.05) is 23.7 Å². The third-order valence-corrected chi connectivity index (χ3v) is 4.89. The third kappa shape index (κ3) is 3.75. The summed E-state index contributed by atoms with van der Waals surface area (Å²) in [6.07, 6.45) is 0. The number of anilines is 2. The fourth-order valence-corrected chi connectivity index (χ4v) is 3.13. The van der Waals surface area contributed by atoms with Crippen molar-refractivity contribution in [2.24, 2.45) is 5.10 Å². The number of nitrogens with zero attached hydrogens (tertiary/aromatic N) is 4. The Morgan fingerprint density at radius 3 is 2.30 bits per heavy atom. The van der Waals surface area contributed by atoms with Crippen LogP contribution in [0.1, 0.15) is 15.9 Å². The second-order valence-corrected chi connectivity index (χ2v) is 7.34. The highest BCUT2D eigenvalue weighted by atomic mass is 35.5. The highest BCUT2D eigenvalue weighted by Gasteiger charge is 2.32. The van der Waals surface area contributed by atoms with Crippen molar-refractivity contribution in [2.45, 2.75) is 0 Å². The maximum absolute atomic E-state index is 13.2. The van der Waals surface area contributed by atoms with E-state index in [1.807, 2.05) is 43.3 Å². The number of carbonyl (C=O) groups excluding carboxylic acids is 1. The number of amides is 1. The molecule has 1 heterocycles. The van der Waals surface area contributed by atoms with Crippen LogP contribution in [0.2, 0.25) is 5.02 Å². The summed E-state index contributed by atoms with van der Waals surface area (Å²) in [6, 6.07) is 21.1. The normalized spacial score (nSPS) is 13.1. The van der Waals surface area contributed by atoms with Crippen LogP contribution in [0.5, 0.6) is 5.75 Å². The number of aromatic hydroxyl groups is 1. The summed E-state index contributed by atoms with van der Waals surface area (Å²) in [6.45, 7) is 0. The van der Waals surface area contributed by atoms with E-state index >= 15 is 0 Å². The Kier molecular flexibility index (Phi) is 5.20. The van der Waals surface area contributed by atoms with Crippen molar-refractivity contribution >= 4 is 34.7 Å². The minimum atomic E-state index is -0.452. The number of hydrogen-bond donors (Lipinski definition) is 2. The molecule has 4 rings (SSSR count). The number of hydrazine groups is 2. The molecule has 30 heavy (non-hydrogen) atoms. The quantitative estimate of drug-likeness (QED) is 0.669. The SMILES string of the molecule is CN(C)c1ccc(C2=NN(c3ccc(Cl)cc3)N(C(=O)c3ccccc3O)N2)cc1. The van der Waals surface area contributed by atoms with Crippen molar-refractivity contribution < 1.29 is 9.90 Å². The van der Waals surface area contributed by atoms with E-state index in [0.717, 1.165) is 11.3 Å². The first-order chi connectivity index (χ1) is 14.4. The Balaban J connectivity index is 1.71. The number of benzene rings is 3. The number of hydrazone groups is 1. The molecule has 2 N–H and O–H groups in total. The van der Waals surface area contributed by atoms with E-state index in [9.17, 15) is 9.90 Å². The number of nitrogens with one attached hydrogen (secondary N) is 1. The number of halogens is 1. The minimum absolute atomic E-state index is 0.107. The Bertz CT molecular complexity index is 1100. The number of carbonyl (C=O) groups is 1. The van der Waals surface area contributed by atoms with Gasteiger partial charge in [0.2, 0.25) is 0 Å². The highest BCUT2D eigenvalue weighted by molar-refractivity contribution is 6.30.